The van der Waals surface area contributed by atoms with Crippen LogP contribution < -0.4 is 33.8 Å². The Hall–Kier alpha value is -5.35. The fourth-order valence-electron chi connectivity index (χ4n) is 5.69. The lowest BCUT2D eigenvalue weighted by Gasteiger charge is -2.17. The largest absolute Gasteiger partial charge is 0.496 e. The Morgan fingerprint density at radius 2 is 1.49 bits per heavy atom. The van der Waals surface area contributed by atoms with Gasteiger partial charge in [-0.05, 0) is 43.7 Å². The number of hydrogen-bond acceptors (Lipinski definition) is 10. The Labute approximate surface area is 288 Å². The van der Waals surface area contributed by atoms with Gasteiger partial charge >= 0.3 is 0 Å². The van der Waals surface area contributed by atoms with Crippen LogP contribution >= 0.6 is 11.8 Å². The van der Waals surface area contributed by atoms with E-state index in [1.165, 1.54) is 41.1 Å². The highest BCUT2D eigenvalue weighted by Gasteiger charge is 2.24. The predicted molar refractivity (Wildman–Crippen MR) is 193 cm³/mol. The third-order valence-electron chi connectivity index (χ3n) is 8.06. The van der Waals surface area contributed by atoms with Gasteiger partial charge in [0.05, 0.1) is 53.4 Å². The molecule has 4 aromatic carbocycles. The van der Waals surface area contributed by atoms with Crippen LogP contribution in [0.15, 0.2) is 93.0 Å². The molecule has 0 spiro atoms. The number of methoxy groups -OCH3 is 5. The van der Waals surface area contributed by atoms with E-state index in [1.807, 2.05) is 24.3 Å². The molecule has 0 saturated heterocycles. The van der Waals surface area contributed by atoms with Crippen LogP contribution in [0.2, 0.25) is 0 Å². The summed E-state index contributed by atoms with van der Waals surface area (Å²) in [5.74, 6) is 3.00. The molecule has 0 N–H and O–H groups in total. The maximum atomic E-state index is 14.2. The number of hydrogen-bond donors (Lipinski definition) is 0. The van der Waals surface area contributed by atoms with Gasteiger partial charge in [-0.15, -0.1) is 11.8 Å². The molecule has 6 aromatic rings. The lowest BCUT2D eigenvalue weighted by atomic mass is 10.1. The van der Waals surface area contributed by atoms with Crippen LogP contribution in [0.3, 0.4) is 0 Å². The molecule has 2 aromatic heterocycles. The number of ether oxygens (including phenoxy) is 6. The average Bonchev–Trinajstić information content (AvgIpc) is 3.13. The van der Waals surface area contributed by atoms with E-state index in [9.17, 15) is 4.79 Å². The summed E-state index contributed by atoms with van der Waals surface area (Å²) in [7, 11) is 7.61. The van der Waals surface area contributed by atoms with E-state index in [0.717, 1.165) is 32.8 Å². The molecule has 49 heavy (non-hydrogen) atoms. The standard InChI is InChI=1S/C39H37NO8S/c1-23-11-9-12-24(17-23)29-22-34(27-13-7-8-14-28(27)40-29)49-16-10-15-47-39-36(41)35-30(43-3)20-26(42-2)21-31(35)48-37(39)25-18-32(44-4)38(46-6)33(19-25)45-5/h7-9,11-14,17-22H,10,15-16H2,1-6H3. The molecule has 0 unspecified atom stereocenters. The van der Waals surface area contributed by atoms with E-state index >= 15 is 0 Å². The fourth-order valence-corrected chi connectivity index (χ4v) is 6.69. The first-order chi connectivity index (χ1) is 23.9. The van der Waals surface area contributed by atoms with Crippen molar-refractivity contribution in [3.8, 4) is 57.1 Å². The van der Waals surface area contributed by atoms with Crippen molar-refractivity contribution in [2.45, 2.75) is 18.2 Å². The van der Waals surface area contributed by atoms with Crippen LogP contribution in [-0.2, 0) is 0 Å². The van der Waals surface area contributed by atoms with Crippen LogP contribution in [0.25, 0.3) is 44.5 Å². The summed E-state index contributed by atoms with van der Waals surface area (Å²) in [6.45, 7) is 2.34. The molecule has 0 fully saturated rings. The van der Waals surface area contributed by atoms with Crippen LogP contribution in [0.5, 0.6) is 34.5 Å². The number of thioether (sulfide) groups is 1. The van der Waals surface area contributed by atoms with E-state index in [4.69, 9.17) is 37.8 Å². The molecule has 0 aliphatic rings. The van der Waals surface area contributed by atoms with Crippen molar-refractivity contribution in [1.29, 1.82) is 0 Å². The van der Waals surface area contributed by atoms with Crippen LogP contribution in [-0.4, -0.2) is 52.9 Å². The number of fused-ring (bicyclic) bond motifs is 2. The highest BCUT2D eigenvalue weighted by Crippen LogP contribution is 2.44. The summed E-state index contributed by atoms with van der Waals surface area (Å²) in [6.07, 6.45) is 0.646. The van der Waals surface area contributed by atoms with Crippen molar-refractivity contribution >= 4 is 33.6 Å². The van der Waals surface area contributed by atoms with Gasteiger partial charge in [0.25, 0.3) is 0 Å². The SMILES string of the molecule is COc1cc(OC)c2c(=O)c(OCCCSc3cc(-c4cccc(C)c4)nc4ccccc34)c(-c3cc(OC)c(OC)c(OC)c3)oc2c1. The molecule has 6 rings (SSSR count). The average molecular weight is 680 g/mol. The Morgan fingerprint density at radius 1 is 0.735 bits per heavy atom. The summed E-state index contributed by atoms with van der Waals surface area (Å²) in [6, 6.07) is 25.4. The summed E-state index contributed by atoms with van der Waals surface area (Å²) in [4.78, 5) is 20.2. The number of nitrogens with zero attached hydrogens (tertiary/aromatic N) is 1. The van der Waals surface area contributed by atoms with Gasteiger partial charge in [-0.3, -0.25) is 4.79 Å². The van der Waals surface area contributed by atoms with E-state index < -0.39 is 0 Å². The van der Waals surface area contributed by atoms with Crippen molar-refractivity contribution in [3.05, 3.63) is 94.6 Å². The molecule has 0 aliphatic heterocycles. The lowest BCUT2D eigenvalue weighted by molar-refractivity contribution is 0.309. The van der Waals surface area contributed by atoms with E-state index in [-0.39, 0.29) is 34.5 Å². The number of benzene rings is 4. The van der Waals surface area contributed by atoms with Crippen molar-refractivity contribution < 1.29 is 32.8 Å². The quantitative estimate of drug-likeness (QED) is 0.0872. The molecule has 0 atom stereocenters. The molecule has 252 valence electrons. The lowest BCUT2D eigenvalue weighted by Crippen LogP contribution is -2.12. The van der Waals surface area contributed by atoms with Gasteiger partial charge in [0.2, 0.25) is 16.9 Å². The summed E-state index contributed by atoms with van der Waals surface area (Å²) in [5, 5.41) is 1.34. The van der Waals surface area contributed by atoms with Crippen LogP contribution in [0, 0.1) is 6.92 Å². The first-order valence-electron chi connectivity index (χ1n) is 15.6. The second kappa shape index (κ2) is 14.8. The molecule has 0 radical (unpaired) electrons. The molecule has 0 saturated carbocycles. The molecule has 0 aliphatic carbocycles. The summed E-state index contributed by atoms with van der Waals surface area (Å²) >= 11 is 1.73. The maximum Gasteiger partial charge on any atom is 0.239 e. The normalized spacial score (nSPS) is 11.1. The minimum absolute atomic E-state index is 0.0475. The number of aromatic nitrogens is 1. The van der Waals surface area contributed by atoms with Crippen molar-refractivity contribution in [2.24, 2.45) is 0 Å². The molecular formula is C39H37NO8S. The number of para-hydroxylation sites is 1. The first-order valence-corrected chi connectivity index (χ1v) is 16.6. The van der Waals surface area contributed by atoms with Gasteiger partial charge in [0.15, 0.2) is 17.3 Å². The molecule has 2 heterocycles. The third-order valence-corrected chi connectivity index (χ3v) is 9.20. The Balaban J connectivity index is 1.32. The Kier molecular flexibility index (Phi) is 10.1. The number of rotatable bonds is 13. The molecule has 0 bridgehead atoms. The van der Waals surface area contributed by atoms with Crippen LogP contribution in [0.1, 0.15) is 12.0 Å². The van der Waals surface area contributed by atoms with E-state index in [0.29, 0.717) is 40.7 Å². The van der Waals surface area contributed by atoms with Gasteiger partial charge in [-0.1, -0.05) is 42.0 Å². The molecule has 10 heteroatoms. The topological polar surface area (TPSA) is 98.5 Å². The predicted octanol–water partition coefficient (Wildman–Crippen LogP) is 8.59. The zero-order chi connectivity index (χ0) is 34.5. The van der Waals surface area contributed by atoms with Crippen molar-refractivity contribution in [1.82, 2.24) is 4.98 Å². The zero-order valence-corrected chi connectivity index (χ0v) is 29.1. The van der Waals surface area contributed by atoms with E-state index in [2.05, 4.69) is 37.3 Å². The molecule has 0 amide bonds. The Morgan fingerprint density at radius 3 is 2.18 bits per heavy atom. The molecular weight excluding hydrogens is 642 g/mol. The van der Waals surface area contributed by atoms with Crippen molar-refractivity contribution in [3.63, 3.8) is 0 Å². The third kappa shape index (κ3) is 6.82. The first kappa shape index (κ1) is 33.5. The monoisotopic (exact) mass is 679 g/mol. The van der Waals surface area contributed by atoms with Gasteiger partial charge in [0.1, 0.15) is 22.5 Å². The smallest absolute Gasteiger partial charge is 0.239 e. The minimum Gasteiger partial charge on any atom is -0.496 e. The molecule has 9 nitrogen and oxygen atoms in total. The van der Waals surface area contributed by atoms with E-state index in [1.54, 1.807) is 36.0 Å². The Bertz CT molecular complexity index is 2170. The fraction of sp³-hybridized carbons (Fsp3) is 0.231. The summed E-state index contributed by atoms with van der Waals surface area (Å²) in [5.41, 5.74) is 4.53. The number of pyridine rings is 1. The maximum absolute atomic E-state index is 14.2. The second-order valence-corrected chi connectivity index (χ2v) is 12.3. The van der Waals surface area contributed by atoms with Gasteiger partial charge in [0, 0.05) is 39.3 Å². The zero-order valence-electron chi connectivity index (χ0n) is 28.2. The van der Waals surface area contributed by atoms with Crippen molar-refractivity contribution in [2.75, 3.05) is 47.9 Å². The second-order valence-electron chi connectivity index (χ2n) is 11.1. The van der Waals surface area contributed by atoms with Gasteiger partial charge < -0.3 is 32.8 Å². The van der Waals surface area contributed by atoms with Gasteiger partial charge in [-0.25, -0.2) is 4.98 Å². The highest BCUT2D eigenvalue weighted by atomic mass is 32.2. The minimum atomic E-state index is -0.375. The highest BCUT2D eigenvalue weighted by molar-refractivity contribution is 7.99. The van der Waals surface area contributed by atoms with Gasteiger partial charge in [-0.2, -0.15) is 0 Å². The number of aryl methyl sites for hydroxylation is 1. The summed E-state index contributed by atoms with van der Waals surface area (Å²) < 4.78 is 40.4. The van der Waals surface area contributed by atoms with Crippen LogP contribution in [0.4, 0.5) is 0 Å².